The lowest BCUT2D eigenvalue weighted by atomic mass is 10.3. The first-order chi connectivity index (χ1) is 8.56. The Morgan fingerprint density at radius 1 is 1.72 bits per heavy atom. The van der Waals surface area contributed by atoms with Gasteiger partial charge in [-0.15, -0.1) is 11.8 Å². The van der Waals surface area contributed by atoms with Crippen LogP contribution in [0.5, 0.6) is 0 Å². The lowest BCUT2D eigenvalue weighted by Crippen LogP contribution is -2.20. The van der Waals surface area contributed by atoms with Crippen molar-refractivity contribution < 1.29 is 9.53 Å². The topological polar surface area (TPSA) is 56.1 Å². The number of hydrogen-bond donors (Lipinski definition) is 1. The molecule has 1 N–H and O–H groups in total. The number of amides is 1. The van der Waals surface area contributed by atoms with Crippen molar-refractivity contribution in [2.45, 2.75) is 31.6 Å². The number of carbonyl (C=O) groups is 1. The van der Waals surface area contributed by atoms with Gasteiger partial charge in [0.1, 0.15) is 5.82 Å². The summed E-state index contributed by atoms with van der Waals surface area (Å²) in [6, 6.07) is 1.86. The summed E-state index contributed by atoms with van der Waals surface area (Å²) in [7, 11) is 1.82. The number of aromatic nitrogens is 2. The molecule has 0 aliphatic carbocycles. The Morgan fingerprint density at radius 2 is 2.50 bits per heavy atom. The van der Waals surface area contributed by atoms with Crippen molar-refractivity contribution in [1.29, 1.82) is 0 Å². The predicted octanol–water partition coefficient (Wildman–Crippen LogP) is 1.58. The summed E-state index contributed by atoms with van der Waals surface area (Å²) < 4.78 is 7.15. The summed E-state index contributed by atoms with van der Waals surface area (Å²) in [6.07, 6.45) is 1.28. The minimum atomic E-state index is 0.0158. The zero-order valence-electron chi connectivity index (χ0n) is 11.0. The van der Waals surface area contributed by atoms with Crippen molar-refractivity contribution in [1.82, 2.24) is 9.78 Å². The van der Waals surface area contributed by atoms with Crippen LogP contribution < -0.4 is 5.32 Å². The lowest BCUT2D eigenvalue weighted by Gasteiger charge is -2.13. The van der Waals surface area contributed by atoms with Crippen LogP contribution in [0.4, 0.5) is 5.82 Å². The summed E-state index contributed by atoms with van der Waals surface area (Å²) in [4.78, 5) is 11.8. The number of aryl methyl sites for hydroxylation is 2. The molecule has 0 unspecified atom stereocenters. The van der Waals surface area contributed by atoms with Gasteiger partial charge in [0, 0.05) is 25.0 Å². The molecule has 0 spiro atoms. The highest BCUT2D eigenvalue weighted by molar-refractivity contribution is 8.00. The molecule has 100 valence electrons. The fraction of sp³-hybridized carbons (Fsp3) is 0.667. The largest absolute Gasteiger partial charge is 0.377 e. The third-order valence-electron chi connectivity index (χ3n) is 3.00. The molecule has 1 aliphatic heterocycles. The number of hydrogen-bond acceptors (Lipinski definition) is 4. The third kappa shape index (κ3) is 3.26. The highest BCUT2D eigenvalue weighted by Gasteiger charge is 2.25. The van der Waals surface area contributed by atoms with E-state index < -0.39 is 0 Å². The first kappa shape index (κ1) is 13.4. The SMILES string of the molecule is Cc1cc(NC(=O)CS[C@H]2CCO[C@@H]2C)n(C)n1. The van der Waals surface area contributed by atoms with Crippen molar-refractivity contribution in [2.24, 2.45) is 7.05 Å². The van der Waals surface area contributed by atoms with Gasteiger partial charge in [-0.25, -0.2) is 0 Å². The van der Waals surface area contributed by atoms with Crippen molar-refractivity contribution in [3.63, 3.8) is 0 Å². The molecule has 5 nitrogen and oxygen atoms in total. The van der Waals surface area contributed by atoms with Crippen LogP contribution in [0.3, 0.4) is 0 Å². The van der Waals surface area contributed by atoms with E-state index in [2.05, 4.69) is 17.3 Å². The van der Waals surface area contributed by atoms with E-state index in [4.69, 9.17) is 4.74 Å². The van der Waals surface area contributed by atoms with E-state index in [0.29, 0.717) is 11.0 Å². The Labute approximate surface area is 111 Å². The van der Waals surface area contributed by atoms with E-state index in [-0.39, 0.29) is 12.0 Å². The second kappa shape index (κ2) is 5.75. The Hall–Kier alpha value is -1.01. The monoisotopic (exact) mass is 269 g/mol. The molecule has 2 atom stereocenters. The Morgan fingerprint density at radius 3 is 3.06 bits per heavy atom. The van der Waals surface area contributed by atoms with E-state index in [1.165, 1.54) is 0 Å². The molecule has 6 heteroatoms. The van der Waals surface area contributed by atoms with Crippen LogP contribution >= 0.6 is 11.8 Å². The highest BCUT2D eigenvalue weighted by Crippen LogP contribution is 2.26. The van der Waals surface area contributed by atoms with Crippen LogP contribution in [-0.2, 0) is 16.6 Å². The summed E-state index contributed by atoms with van der Waals surface area (Å²) in [5.41, 5.74) is 0.901. The maximum Gasteiger partial charge on any atom is 0.235 e. The minimum absolute atomic E-state index is 0.0158. The van der Waals surface area contributed by atoms with E-state index in [1.807, 2.05) is 20.0 Å². The number of nitrogens with one attached hydrogen (secondary N) is 1. The van der Waals surface area contributed by atoms with E-state index in [9.17, 15) is 4.79 Å². The summed E-state index contributed by atoms with van der Waals surface area (Å²) in [5, 5.41) is 7.49. The molecule has 1 aliphatic rings. The molecule has 0 bridgehead atoms. The van der Waals surface area contributed by atoms with Crippen LogP contribution in [0.1, 0.15) is 19.0 Å². The van der Waals surface area contributed by atoms with Crippen molar-refractivity contribution in [3.05, 3.63) is 11.8 Å². The van der Waals surface area contributed by atoms with Gasteiger partial charge in [0.2, 0.25) is 5.91 Å². The first-order valence-corrected chi connectivity index (χ1v) is 7.15. The number of thioether (sulfide) groups is 1. The maximum atomic E-state index is 11.8. The molecule has 1 saturated heterocycles. The highest BCUT2D eigenvalue weighted by atomic mass is 32.2. The van der Waals surface area contributed by atoms with Gasteiger partial charge < -0.3 is 10.1 Å². The molecule has 1 amide bonds. The molecule has 0 saturated carbocycles. The molecule has 1 fully saturated rings. The third-order valence-corrected chi connectivity index (χ3v) is 4.48. The predicted molar refractivity (Wildman–Crippen MR) is 72.9 cm³/mol. The molecule has 0 aromatic carbocycles. The smallest absolute Gasteiger partial charge is 0.235 e. The van der Waals surface area contributed by atoms with Gasteiger partial charge in [0.15, 0.2) is 0 Å². The lowest BCUT2D eigenvalue weighted by molar-refractivity contribution is -0.113. The first-order valence-electron chi connectivity index (χ1n) is 6.10. The molecule has 1 aromatic rings. The van der Waals surface area contributed by atoms with Crippen LogP contribution in [0.15, 0.2) is 6.07 Å². The molecular weight excluding hydrogens is 250 g/mol. The Kier molecular flexibility index (Phi) is 4.29. The quantitative estimate of drug-likeness (QED) is 0.901. The van der Waals surface area contributed by atoms with Crippen LogP contribution in [-0.4, -0.2) is 39.4 Å². The second-order valence-electron chi connectivity index (χ2n) is 4.56. The van der Waals surface area contributed by atoms with Gasteiger partial charge in [-0.3, -0.25) is 9.48 Å². The van der Waals surface area contributed by atoms with E-state index in [0.717, 1.165) is 24.5 Å². The number of carbonyl (C=O) groups excluding carboxylic acids is 1. The molecule has 2 heterocycles. The summed E-state index contributed by atoms with van der Waals surface area (Å²) >= 11 is 1.67. The van der Waals surface area contributed by atoms with Gasteiger partial charge >= 0.3 is 0 Å². The number of rotatable bonds is 4. The average molecular weight is 269 g/mol. The normalized spacial score (nSPS) is 23.3. The standard InChI is InChI=1S/C12H19N3O2S/c1-8-6-11(15(3)14-8)13-12(16)7-18-10-4-5-17-9(10)2/h6,9-10H,4-5,7H2,1-3H3,(H,13,16)/t9-,10+/m1/s1. The average Bonchev–Trinajstić information content (AvgIpc) is 2.83. The van der Waals surface area contributed by atoms with Crippen molar-refractivity contribution >= 4 is 23.5 Å². The molecule has 18 heavy (non-hydrogen) atoms. The van der Waals surface area contributed by atoms with Crippen LogP contribution in [0.25, 0.3) is 0 Å². The minimum Gasteiger partial charge on any atom is -0.377 e. The van der Waals surface area contributed by atoms with Crippen LogP contribution in [0.2, 0.25) is 0 Å². The molecule has 1 aromatic heterocycles. The zero-order chi connectivity index (χ0) is 13.1. The zero-order valence-corrected chi connectivity index (χ0v) is 11.8. The van der Waals surface area contributed by atoms with Gasteiger partial charge in [-0.1, -0.05) is 0 Å². The summed E-state index contributed by atoms with van der Waals surface area (Å²) in [6.45, 7) is 4.77. The molecule has 0 radical (unpaired) electrons. The van der Waals surface area contributed by atoms with Crippen molar-refractivity contribution in [2.75, 3.05) is 17.7 Å². The fourth-order valence-electron chi connectivity index (χ4n) is 2.02. The Balaban J connectivity index is 1.80. The van der Waals surface area contributed by atoms with E-state index in [1.54, 1.807) is 16.4 Å². The number of ether oxygens (including phenoxy) is 1. The second-order valence-corrected chi connectivity index (χ2v) is 5.78. The van der Waals surface area contributed by atoms with Crippen LogP contribution in [0, 0.1) is 6.92 Å². The maximum absolute atomic E-state index is 11.8. The van der Waals surface area contributed by atoms with Crippen molar-refractivity contribution in [3.8, 4) is 0 Å². The molecule has 2 rings (SSSR count). The van der Waals surface area contributed by atoms with Gasteiger partial charge in [0.05, 0.1) is 17.6 Å². The number of nitrogens with zero attached hydrogens (tertiary/aromatic N) is 2. The van der Waals surface area contributed by atoms with E-state index >= 15 is 0 Å². The van der Waals surface area contributed by atoms with Gasteiger partial charge in [-0.2, -0.15) is 5.10 Å². The summed E-state index contributed by atoms with van der Waals surface area (Å²) in [5.74, 6) is 1.22. The van der Waals surface area contributed by atoms with Gasteiger partial charge in [0.25, 0.3) is 0 Å². The molecular formula is C12H19N3O2S. The number of anilines is 1. The Bertz CT molecular complexity index is 433. The van der Waals surface area contributed by atoms with Gasteiger partial charge in [-0.05, 0) is 20.3 Å². The fourth-order valence-corrected chi connectivity index (χ4v) is 3.07.